The van der Waals surface area contributed by atoms with Gasteiger partial charge in [-0.25, -0.2) is 13.6 Å². The molecule has 0 spiro atoms. The summed E-state index contributed by atoms with van der Waals surface area (Å²) in [4.78, 5) is 13.4. The van der Waals surface area contributed by atoms with E-state index in [1.54, 1.807) is 0 Å². The van der Waals surface area contributed by atoms with Crippen LogP contribution in [0.3, 0.4) is 0 Å². The van der Waals surface area contributed by atoms with Crippen molar-refractivity contribution in [1.29, 1.82) is 0 Å². The van der Waals surface area contributed by atoms with Crippen LogP contribution in [-0.4, -0.2) is 30.0 Å². The number of hydrogen-bond acceptors (Lipinski definition) is 3. The average molecular weight is 439 g/mol. The lowest BCUT2D eigenvalue weighted by atomic mass is 10.2. The molecule has 2 rings (SSSR count). The number of nitrogens with one attached hydrogen (secondary N) is 1. The summed E-state index contributed by atoms with van der Waals surface area (Å²) in [6.07, 6.45) is -3.87. The SMILES string of the molecule is CO/C(=N\C(=O)Nc1cccc(OC(F)(F)C(Cl)Cl)c1)c1c(F)cccc1F. The van der Waals surface area contributed by atoms with Crippen LogP contribution in [0.2, 0.25) is 0 Å². The minimum Gasteiger partial charge on any atom is -0.480 e. The van der Waals surface area contributed by atoms with Gasteiger partial charge in [0, 0.05) is 11.8 Å². The van der Waals surface area contributed by atoms with Crippen molar-refractivity contribution in [2.24, 2.45) is 4.99 Å². The third-order valence-electron chi connectivity index (χ3n) is 3.17. The molecule has 0 bridgehead atoms. The summed E-state index contributed by atoms with van der Waals surface area (Å²) in [7, 11) is 1.07. The second-order valence-corrected chi connectivity index (χ2v) is 6.24. The smallest absolute Gasteiger partial charge is 0.428 e. The van der Waals surface area contributed by atoms with E-state index in [2.05, 4.69) is 15.0 Å². The first-order valence-electron chi connectivity index (χ1n) is 7.47. The lowest BCUT2D eigenvalue weighted by Gasteiger charge is -2.18. The Morgan fingerprint density at radius 2 is 1.75 bits per heavy atom. The van der Waals surface area contributed by atoms with E-state index >= 15 is 0 Å². The van der Waals surface area contributed by atoms with Gasteiger partial charge in [0.15, 0.2) is 0 Å². The molecule has 0 aliphatic carbocycles. The maximum atomic E-state index is 13.8. The Labute approximate surface area is 166 Å². The monoisotopic (exact) mass is 438 g/mol. The van der Waals surface area contributed by atoms with Crippen molar-refractivity contribution in [3.8, 4) is 5.75 Å². The molecule has 0 aliphatic heterocycles. The lowest BCUT2D eigenvalue weighted by molar-refractivity contribution is -0.163. The number of rotatable bonds is 5. The summed E-state index contributed by atoms with van der Waals surface area (Å²) in [5, 5.41) is 2.23. The van der Waals surface area contributed by atoms with E-state index in [4.69, 9.17) is 27.9 Å². The van der Waals surface area contributed by atoms with Crippen LogP contribution < -0.4 is 10.1 Å². The molecular weight excluding hydrogens is 427 g/mol. The predicted octanol–water partition coefficient (Wildman–Crippen LogP) is 5.37. The Balaban J connectivity index is 2.20. The van der Waals surface area contributed by atoms with Crippen LogP contribution in [-0.2, 0) is 4.74 Å². The van der Waals surface area contributed by atoms with Gasteiger partial charge in [0.1, 0.15) is 22.9 Å². The number of nitrogens with zero attached hydrogens (tertiary/aromatic N) is 1. The second kappa shape index (κ2) is 9.11. The van der Waals surface area contributed by atoms with E-state index in [0.717, 1.165) is 31.4 Å². The Morgan fingerprint density at radius 1 is 1.14 bits per heavy atom. The molecule has 0 heterocycles. The van der Waals surface area contributed by atoms with Crippen LogP contribution in [0.15, 0.2) is 47.5 Å². The molecule has 5 nitrogen and oxygen atoms in total. The Hall–Kier alpha value is -2.52. The summed E-state index contributed by atoms with van der Waals surface area (Å²) in [5.41, 5.74) is -0.626. The van der Waals surface area contributed by atoms with E-state index in [1.165, 1.54) is 18.2 Å². The van der Waals surface area contributed by atoms with Crippen molar-refractivity contribution in [3.63, 3.8) is 0 Å². The summed E-state index contributed by atoms with van der Waals surface area (Å²) in [6, 6.07) is 6.86. The molecule has 0 aliphatic rings. The Bertz CT molecular complexity index is 874. The average Bonchev–Trinajstić information content (AvgIpc) is 2.60. The fourth-order valence-corrected chi connectivity index (χ4v) is 2.08. The van der Waals surface area contributed by atoms with E-state index in [-0.39, 0.29) is 11.4 Å². The molecule has 0 saturated heterocycles. The maximum absolute atomic E-state index is 13.8. The van der Waals surface area contributed by atoms with Gasteiger partial charge < -0.3 is 14.8 Å². The van der Waals surface area contributed by atoms with Crippen molar-refractivity contribution in [3.05, 3.63) is 59.7 Å². The number of aliphatic imine (C=N–C) groups is 1. The molecule has 28 heavy (non-hydrogen) atoms. The number of amides is 2. The fourth-order valence-electron chi connectivity index (χ4n) is 1.99. The van der Waals surface area contributed by atoms with Gasteiger partial charge in [0.2, 0.25) is 10.7 Å². The summed E-state index contributed by atoms with van der Waals surface area (Å²) in [5.74, 6) is -2.92. The Morgan fingerprint density at radius 3 is 2.32 bits per heavy atom. The van der Waals surface area contributed by atoms with Crippen LogP contribution in [0.25, 0.3) is 0 Å². The zero-order chi connectivity index (χ0) is 20.9. The van der Waals surface area contributed by atoms with Gasteiger partial charge >= 0.3 is 12.1 Å². The van der Waals surface area contributed by atoms with Gasteiger partial charge in [-0.05, 0) is 24.3 Å². The van der Waals surface area contributed by atoms with E-state index in [1.807, 2.05) is 0 Å². The highest BCUT2D eigenvalue weighted by Gasteiger charge is 2.40. The van der Waals surface area contributed by atoms with Crippen LogP contribution >= 0.6 is 23.2 Å². The first kappa shape index (κ1) is 21.8. The molecule has 0 unspecified atom stereocenters. The van der Waals surface area contributed by atoms with E-state index in [0.29, 0.717) is 0 Å². The molecule has 0 fully saturated rings. The minimum atomic E-state index is -3.87. The third kappa shape index (κ3) is 5.49. The normalized spacial score (nSPS) is 12.1. The maximum Gasteiger partial charge on any atom is 0.428 e. The number of alkyl halides is 4. The molecule has 150 valence electrons. The Kier molecular flexibility index (Phi) is 7.09. The standard InChI is InChI=1S/C17H12Cl2F4N2O3/c1-27-14(13-11(20)6-3-7-12(13)21)25-16(26)24-9-4-2-5-10(8-9)28-17(22,23)15(18)19/h2-8,15H,1H3,(H,24,26)/b25-14-. The van der Waals surface area contributed by atoms with Crippen molar-refractivity contribution in [1.82, 2.24) is 0 Å². The van der Waals surface area contributed by atoms with Gasteiger partial charge in [-0.1, -0.05) is 35.3 Å². The molecule has 11 heteroatoms. The zero-order valence-corrected chi connectivity index (χ0v) is 15.6. The molecule has 1 N–H and O–H groups in total. The number of halogens is 6. The first-order chi connectivity index (χ1) is 13.1. The van der Waals surface area contributed by atoms with Gasteiger partial charge in [0.05, 0.1) is 7.11 Å². The van der Waals surface area contributed by atoms with E-state index < -0.39 is 40.1 Å². The fraction of sp³-hybridized carbons (Fsp3) is 0.176. The number of benzene rings is 2. The van der Waals surface area contributed by atoms with Crippen molar-refractivity contribution >= 4 is 40.8 Å². The number of methoxy groups -OCH3 is 1. The number of hydrogen-bond donors (Lipinski definition) is 1. The molecule has 0 saturated carbocycles. The summed E-state index contributed by atoms with van der Waals surface area (Å²) >= 11 is 10.3. The van der Waals surface area contributed by atoms with Crippen LogP contribution in [0.5, 0.6) is 5.75 Å². The number of ether oxygens (including phenoxy) is 2. The van der Waals surface area contributed by atoms with Crippen molar-refractivity contribution < 1.29 is 31.8 Å². The van der Waals surface area contributed by atoms with Crippen molar-refractivity contribution in [2.75, 3.05) is 12.4 Å². The molecule has 2 aromatic carbocycles. The zero-order valence-electron chi connectivity index (χ0n) is 14.1. The number of carbonyl (C=O) groups excluding carboxylic acids is 1. The molecular formula is C17H12Cl2F4N2O3. The molecule has 0 atom stereocenters. The minimum absolute atomic E-state index is 0.00667. The van der Waals surface area contributed by atoms with Gasteiger partial charge in [-0.3, -0.25) is 0 Å². The van der Waals surface area contributed by atoms with Crippen molar-refractivity contribution in [2.45, 2.75) is 10.9 Å². The molecule has 2 aromatic rings. The topological polar surface area (TPSA) is 59.9 Å². The highest BCUT2D eigenvalue weighted by molar-refractivity contribution is 6.44. The molecule has 2 amide bonds. The van der Waals surface area contributed by atoms with Gasteiger partial charge in [-0.2, -0.15) is 13.8 Å². The largest absolute Gasteiger partial charge is 0.480 e. The molecule has 0 aromatic heterocycles. The van der Waals surface area contributed by atoms with Crippen LogP contribution in [0.1, 0.15) is 5.56 Å². The lowest BCUT2D eigenvalue weighted by Crippen LogP contribution is -2.32. The van der Waals surface area contributed by atoms with Gasteiger partial charge in [-0.15, -0.1) is 0 Å². The summed E-state index contributed by atoms with van der Waals surface area (Å²) < 4.78 is 63.6. The van der Waals surface area contributed by atoms with E-state index in [9.17, 15) is 22.4 Å². The van der Waals surface area contributed by atoms with Crippen LogP contribution in [0, 0.1) is 11.6 Å². The number of anilines is 1. The third-order valence-corrected chi connectivity index (χ3v) is 3.67. The highest BCUT2D eigenvalue weighted by Crippen LogP contribution is 2.31. The summed E-state index contributed by atoms with van der Waals surface area (Å²) in [6.45, 7) is 0. The van der Waals surface area contributed by atoms with Gasteiger partial charge in [0.25, 0.3) is 0 Å². The quantitative estimate of drug-likeness (QED) is 0.295. The number of carbonyl (C=O) groups is 1. The highest BCUT2D eigenvalue weighted by atomic mass is 35.5. The first-order valence-corrected chi connectivity index (χ1v) is 8.34. The predicted molar refractivity (Wildman–Crippen MR) is 96.4 cm³/mol. The second-order valence-electron chi connectivity index (χ2n) is 5.14. The molecule has 0 radical (unpaired) electrons. The van der Waals surface area contributed by atoms with Crippen LogP contribution in [0.4, 0.5) is 28.0 Å². The number of urea groups is 1.